The van der Waals surface area contributed by atoms with Crippen LogP contribution in [0.1, 0.15) is 39.0 Å². The fourth-order valence-electron chi connectivity index (χ4n) is 2.87. The standard InChI is InChI=1S/C16H22ClNO4S/c1-2-22-16(19)11-12-3-9-15(10-4-12)23(20,21)18-14-7-5-13(17)6-8-14/h5-8,12,15,18H,2-4,9-11H2,1H3. The summed E-state index contributed by atoms with van der Waals surface area (Å²) in [6, 6.07) is 6.59. The minimum absolute atomic E-state index is 0.196. The molecule has 1 fully saturated rings. The van der Waals surface area contributed by atoms with Crippen LogP contribution in [0.2, 0.25) is 5.02 Å². The predicted molar refractivity (Wildman–Crippen MR) is 91.0 cm³/mol. The third-order valence-corrected chi connectivity index (χ3v) is 6.22. The molecule has 0 aromatic heterocycles. The number of sulfonamides is 1. The first-order valence-corrected chi connectivity index (χ1v) is 9.76. The third kappa shape index (κ3) is 5.39. The van der Waals surface area contributed by atoms with Crippen LogP contribution in [0.25, 0.3) is 0 Å². The summed E-state index contributed by atoms with van der Waals surface area (Å²) in [5.74, 6) is 0.0223. The number of carbonyl (C=O) groups excluding carboxylic acids is 1. The molecule has 128 valence electrons. The average Bonchev–Trinajstić information content (AvgIpc) is 2.50. The largest absolute Gasteiger partial charge is 0.466 e. The molecule has 1 aliphatic carbocycles. The zero-order chi connectivity index (χ0) is 16.9. The Morgan fingerprint density at radius 2 is 1.83 bits per heavy atom. The van der Waals surface area contributed by atoms with E-state index >= 15 is 0 Å². The summed E-state index contributed by atoms with van der Waals surface area (Å²) in [7, 11) is -3.42. The van der Waals surface area contributed by atoms with Crippen LogP contribution >= 0.6 is 11.6 Å². The van der Waals surface area contributed by atoms with E-state index in [0.29, 0.717) is 36.6 Å². The molecule has 1 aliphatic rings. The van der Waals surface area contributed by atoms with Gasteiger partial charge in [-0.05, 0) is 62.8 Å². The number of rotatable bonds is 6. The Morgan fingerprint density at radius 1 is 1.22 bits per heavy atom. The second-order valence-electron chi connectivity index (χ2n) is 5.81. The summed E-state index contributed by atoms with van der Waals surface area (Å²) in [4.78, 5) is 11.5. The fraction of sp³-hybridized carbons (Fsp3) is 0.562. The molecule has 0 saturated heterocycles. The molecular formula is C16H22ClNO4S. The van der Waals surface area contributed by atoms with Gasteiger partial charge in [0.15, 0.2) is 0 Å². The first-order chi connectivity index (χ1) is 10.9. The average molecular weight is 360 g/mol. The molecule has 0 aliphatic heterocycles. The third-order valence-electron chi connectivity index (χ3n) is 4.10. The van der Waals surface area contributed by atoms with Gasteiger partial charge in [0.05, 0.1) is 11.9 Å². The van der Waals surface area contributed by atoms with Gasteiger partial charge in [-0.1, -0.05) is 11.6 Å². The Balaban J connectivity index is 1.88. The highest BCUT2D eigenvalue weighted by molar-refractivity contribution is 7.93. The molecule has 0 amide bonds. The SMILES string of the molecule is CCOC(=O)CC1CCC(S(=O)(=O)Nc2ccc(Cl)cc2)CC1. The van der Waals surface area contributed by atoms with Gasteiger partial charge in [0.2, 0.25) is 10.0 Å². The van der Waals surface area contributed by atoms with Crippen LogP contribution in [0, 0.1) is 5.92 Å². The molecule has 7 heteroatoms. The first-order valence-electron chi connectivity index (χ1n) is 7.83. The second-order valence-corrected chi connectivity index (χ2v) is 8.20. The van der Waals surface area contributed by atoms with Crippen molar-refractivity contribution in [3.05, 3.63) is 29.3 Å². The van der Waals surface area contributed by atoms with Crippen LogP contribution in [0.5, 0.6) is 0 Å². The molecule has 23 heavy (non-hydrogen) atoms. The molecule has 0 spiro atoms. The summed E-state index contributed by atoms with van der Waals surface area (Å²) < 4.78 is 32.4. The molecule has 1 aromatic carbocycles. The lowest BCUT2D eigenvalue weighted by molar-refractivity contribution is -0.144. The highest BCUT2D eigenvalue weighted by atomic mass is 35.5. The number of ether oxygens (including phenoxy) is 1. The summed E-state index contributed by atoms with van der Waals surface area (Å²) in [6.07, 6.45) is 2.96. The van der Waals surface area contributed by atoms with Crippen molar-refractivity contribution in [1.82, 2.24) is 0 Å². The predicted octanol–water partition coefficient (Wildman–Crippen LogP) is 3.59. The van der Waals surface area contributed by atoms with E-state index in [2.05, 4.69) is 4.72 Å². The lowest BCUT2D eigenvalue weighted by atomic mass is 9.87. The minimum Gasteiger partial charge on any atom is -0.466 e. The highest BCUT2D eigenvalue weighted by Gasteiger charge is 2.31. The Hall–Kier alpha value is -1.27. The van der Waals surface area contributed by atoms with Crippen LogP contribution in [-0.2, 0) is 19.6 Å². The van der Waals surface area contributed by atoms with Gasteiger partial charge in [0, 0.05) is 17.1 Å². The van der Waals surface area contributed by atoms with Gasteiger partial charge in [-0.3, -0.25) is 9.52 Å². The number of benzene rings is 1. The van der Waals surface area contributed by atoms with Crippen molar-refractivity contribution in [2.24, 2.45) is 5.92 Å². The van der Waals surface area contributed by atoms with Crippen LogP contribution in [0.15, 0.2) is 24.3 Å². The molecule has 0 heterocycles. The lowest BCUT2D eigenvalue weighted by Crippen LogP contribution is -2.32. The van der Waals surface area contributed by atoms with Gasteiger partial charge in [0.25, 0.3) is 0 Å². The normalized spacial score (nSPS) is 21.7. The minimum atomic E-state index is -3.42. The maximum Gasteiger partial charge on any atom is 0.306 e. The van der Waals surface area contributed by atoms with E-state index in [-0.39, 0.29) is 11.9 Å². The van der Waals surface area contributed by atoms with Crippen molar-refractivity contribution in [3.8, 4) is 0 Å². The molecule has 1 N–H and O–H groups in total. The molecular weight excluding hydrogens is 338 g/mol. The van der Waals surface area contributed by atoms with Crippen molar-refractivity contribution in [3.63, 3.8) is 0 Å². The maximum absolute atomic E-state index is 12.4. The van der Waals surface area contributed by atoms with Gasteiger partial charge in [-0.25, -0.2) is 8.42 Å². The zero-order valence-electron chi connectivity index (χ0n) is 13.1. The van der Waals surface area contributed by atoms with Crippen LogP contribution in [0.4, 0.5) is 5.69 Å². The van der Waals surface area contributed by atoms with Crippen LogP contribution in [0.3, 0.4) is 0 Å². The molecule has 1 saturated carbocycles. The van der Waals surface area contributed by atoms with Crippen LogP contribution in [-0.4, -0.2) is 26.2 Å². The summed E-state index contributed by atoms with van der Waals surface area (Å²) in [5.41, 5.74) is 0.517. The number of carbonyl (C=O) groups is 1. The Bertz CT molecular complexity index is 622. The van der Waals surface area contributed by atoms with Crippen molar-refractivity contribution < 1.29 is 17.9 Å². The number of hydrogen-bond donors (Lipinski definition) is 1. The first kappa shape index (κ1) is 18.1. The van der Waals surface area contributed by atoms with Gasteiger partial charge in [0.1, 0.15) is 0 Å². The van der Waals surface area contributed by atoms with Crippen molar-refractivity contribution in [2.75, 3.05) is 11.3 Å². The maximum atomic E-state index is 12.4. The van der Waals surface area contributed by atoms with E-state index in [4.69, 9.17) is 16.3 Å². The highest BCUT2D eigenvalue weighted by Crippen LogP contribution is 2.31. The van der Waals surface area contributed by atoms with E-state index in [9.17, 15) is 13.2 Å². The van der Waals surface area contributed by atoms with Gasteiger partial charge in [-0.15, -0.1) is 0 Å². The number of nitrogens with one attached hydrogen (secondary N) is 1. The number of halogens is 1. The van der Waals surface area contributed by atoms with E-state index in [1.54, 1.807) is 31.2 Å². The van der Waals surface area contributed by atoms with Crippen molar-refractivity contribution in [2.45, 2.75) is 44.3 Å². The molecule has 2 rings (SSSR count). The molecule has 0 atom stereocenters. The smallest absolute Gasteiger partial charge is 0.306 e. The van der Waals surface area contributed by atoms with Gasteiger partial charge >= 0.3 is 5.97 Å². The second kappa shape index (κ2) is 8.02. The molecule has 0 bridgehead atoms. The van der Waals surface area contributed by atoms with E-state index in [0.717, 1.165) is 12.8 Å². The van der Waals surface area contributed by atoms with Crippen molar-refractivity contribution >= 4 is 33.3 Å². The van der Waals surface area contributed by atoms with Crippen LogP contribution < -0.4 is 4.72 Å². The zero-order valence-corrected chi connectivity index (χ0v) is 14.7. The Morgan fingerprint density at radius 3 is 2.39 bits per heavy atom. The van der Waals surface area contributed by atoms with E-state index < -0.39 is 15.3 Å². The Labute approximate surface area is 142 Å². The Kier molecular flexibility index (Phi) is 6.30. The van der Waals surface area contributed by atoms with Gasteiger partial charge in [-0.2, -0.15) is 0 Å². The van der Waals surface area contributed by atoms with Gasteiger partial charge < -0.3 is 4.74 Å². The summed E-state index contributed by atoms with van der Waals surface area (Å²) in [5, 5.41) is 0.143. The van der Waals surface area contributed by atoms with Crippen molar-refractivity contribution in [1.29, 1.82) is 0 Å². The lowest BCUT2D eigenvalue weighted by Gasteiger charge is -2.28. The summed E-state index contributed by atoms with van der Waals surface area (Å²) >= 11 is 5.80. The number of hydrogen-bond acceptors (Lipinski definition) is 4. The fourth-order valence-corrected chi connectivity index (χ4v) is 4.52. The number of anilines is 1. The topological polar surface area (TPSA) is 72.5 Å². The quantitative estimate of drug-likeness (QED) is 0.788. The molecule has 0 radical (unpaired) electrons. The molecule has 1 aromatic rings. The van der Waals surface area contributed by atoms with E-state index in [1.165, 1.54) is 0 Å². The molecule has 0 unspecified atom stereocenters. The molecule has 5 nitrogen and oxygen atoms in total. The monoisotopic (exact) mass is 359 g/mol. The van der Waals surface area contributed by atoms with E-state index in [1.807, 2.05) is 0 Å². The number of esters is 1. The summed E-state index contributed by atoms with van der Waals surface area (Å²) in [6.45, 7) is 2.16.